The lowest BCUT2D eigenvalue weighted by molar-refractivity contribution is 0.0945. The van der Waals surface area contributed by atoms with Gasteiger partial charge >= 0.3 is 0 Å². The lowest BCUT2D eigenvalue weighted by atomic mass is 10.2. The average Bonchev–Trinajstić information content (AvgIpc) is 3.26. The number of nitrogens with one attached hydrogen (secondary N) is 1. The summed E-state index contributed by atoms with van der Waals surface area (Å²) >= 11 is 6.15. The minimum atomic E-state index is -0.266. The number of ether oxygens (including phenoxy) is 1. The van der Waals surface area contributed by atoms with Gasteiger partial charge in [-0.25, -0.2) is 0 Å². The van der Waals surface area contributed by atoms with Crippen LogP contribution in [0.2, 0.25) is 5.02 Å². The minimum absolute atomic E-state index is 0.103. The maximum Gasteiger partial charge on any atom is 0.251 e. The molecule has 1 N–H and O–H groups in total. The van der Waals surface area contributed by atoms with Gasteiger partial charge in [0.05, 0.1) is 11.6 Å². The van der Waals surface area contributed by atoms with E-state index in [0.29, 0.717) is 34.3 Å². The molecule has 0 unspecified atom stereocenters. The Morgan fingerprint density at radius 3 is 2.63 bits per heavy atom. The van der Waals surface area contributed by atoms with E-state index in [-0.39, 0.29) is 18.3 Å². The van der Waals surface area contributed by atoms with Gasteiger partial charge < -0.3 is 14.6 Å². The Morgan fingerprint density at radius 2 is 1.80 bits per heavy atom. The first kappa shape index (κ1) is 19.7. The van der Waals surface area contributed by atoms with E-state index >= 15 is 0 Å². The van der Waals surface area contributed by atoms with Gasteiger partial charge in [0.25, 0.3) is 5.91 Å². The molecule has 4 rings (SSSR count). The molecule has 0 saturated carbocycles. The lowest BCUT2D eigenvalue weighted by Crippen LogP contribution is -2.22. The van der Waals surface area contributed by atoms with Crippen LogP contribution in [-0.2, 0) is 13.2 Å². The smallest absolute Gasteiger partial charge is 0.251 e. The van der Waals surface area contributed by atoms with Crippen LogP contribution in [0.1, 0.15) is 21.8 Å². The number of halogens is 1. The number of aromatic nitrogens is 2. The van der Waals surface area contributed by atoms with Gasteiger partial charge in [0.15, 0.2) is 0 Å². The summed E-state index contributed by atoms with van der Waals surface area (Å²) in [5.41, 5.74) is 2.20. The molecule has 1 amide bonds. The monoisotopic (exact) mass is 419 g/mol. The van der Waals surface area contributed by atoms with E-state index in [1.807, 2.05) is 48.5 Å². The van der Waals surface area contributed by atoms with Crippen molar-refractivity contribution in [2.75, 3.05) is 0 Å². The molecule has 30 heavy (non-hydrogen) atoms. The van der Waals surface area contributed by atoms with E-state index in [4.69, 9.17) is 20.9 Å². The van der Waals surface area contributed by atoms with Crippen LogP contribution in [0.25, 0.3) is 11.4 Å². The fourth-order valence-corrected chi connectivity index (χ4v) is 3.02. The van der Waals surface area contributed by atoms with Crippen LogP contribution in [0.4, 0.5) is 0 Å². The molecule has 3 aromatic carbocycles. The number of carbonyl (C=O) groups is 1. The van der Waals surface area contributed by atoms with Gasteiger partial charge in [0, 0.05) is 11.1 Å². The molecule has 0 radical (unpaired) electrons. The summed E-state index contributed by atoms with van der Waals surface area (Å²) in [6.45, 7) is 0.532. The first-order chi connectivity index (χ1) is 14.7. The maximum atomic E-state index is 12.5. The van der Waals surface area contributed by atoms with Gasteiger partial charge in [-0.1, -0.05) is 65.3 Å². The molecule has 1 heterocycles. The summed E-state index contributed by atoms with van der Waals surface area (Å²) in [5.74, 6) is 1.01. The topological polar surface area (TPSA) is 77.3 Å². The molecule has 0 bridgehead atoms. The number of carbonyl (C=O) groups excluding carboxylic acids is 1. The Bertz CT molecular complexity index is 1150. The van der Waals surface area contributed by atoms with Gasteiger partial charge in [-0.2, -0.15) is 4.98 Å². The maximum absolute atomic E-state index is 12.5. The molecular formula is C23H18ClN3O3. The highest BCUT2D eigenvalue weighted by atomic mass is 35.5. The van der Waals surface area contributed by atoms with E-state index < -0.39 is 0 Å². The second-order valence-corrected chi connectivity index (χ2v) is 6.88. The number of nitrogens with zero attached hydrogens (tertiary/aromatic N) is 2. The van der Waals surface area contributed by atoms with E-state index in [2.05, 4.69) is 15.5 Å². The van der Waals surface area contributed by atoms with Crippen LogP contribution in [0, 0.1) is 0 Å². The van der Waals surface area contributed by atoms with E-state index in [1.165, 1.54) is 0 Å². The Balaban J connectivity index is 1.36. The summed E-state index contributed by atoms with van der Waals surface area (Å²) in [5, 5.41) is 7.22. The summed E-state index contributed by atoms with van der Waals surface area (Å²) in [6.07, 6.45) is 0. The SMILES string of the molecule is O=C(NCc1nc(-c2ccccc2Cl)no1)c1cccc(OCc2ccccc2)c1. The molecule has 0 spiro atoms. The zero-order valence-electron chi connectivity index (χ0n) is 15.9. The van der Waals surface area contributed by atoms with Crippen molar-refractivity contribution in [1.29, 1.82) is 0 Å². The molecule has 0 aliphatic heterocycles. The van der Waals surface area contributed by atoms with Crippen molar-refractivity contribution in [3.63, 3.8) is 0 Å². The van der Waals surface area contributed by atoms with Gasteiger partial charge in [-0.15, -0.1) is 0 Å². The van der Waals surface area contributed by atoms with Crippen molar-refractivity contribution in [2.24, 2.45) is 0 Å². The van der Waals surface area contributed by atoms with E-state index in [9.17, 15) is 4.79 Å². The quantitative estimate of drug-likeness (QED) is 0.461. The Labute approximate surface area is 178 Å². The predicted molar refractivity (Wildman–Crippen MR) is 113 cm³/mol. The molecule has 1 aromatic heterocycles. The summed E-state index contributed by atoms with van der Waals surface area (Å²) < 4.78 is 11.0. The third kappa shape index (κ3) is 4.85. The fourth-order valence-electron chi connectivity index (χ4n) is 2.80. The van der Waals surface area contributed by atoms with Crippen molar-refractivity contribution in [2.45, 2.75) is 13.2 Å². The summed E-state index contributed by atoms with van der Waals surface area (Å²) in [4.78, 5) is 16.8. The number of benzene rings is 3. The third-order valence-electron chi connectivity index (χ3n) is 4.33. The number of rotatable bonds is 7. The van der Waals surface area contributed by atoms with Crippen LogP contribution < -0.4 is 10.1 Å². The predicted octanol–water partition coefficient (Wildman–Crippen LogP) is 4.90. The van der Waals surface area contributed by atoms with E-state index in [1.54, 1.807) is 30.3 Å². The Morgan fingerprint density at radius 1 is 1.00 bits per heavy atom. The molecular weight excluding hydrogens is 402 g/mol. The van der Waals surface area contributed by atoms with Crippen LogP contribution in [-0.4, -0.2) is 16.0 Å². The first-order valence-electron chi connectivity index (χ1n) is 9.31. The largest absolute Gasteiger partial charge is 0.489 e. The standard InChI is InChI=1S/C23H18ClN3O3/c24-20-12-5-4-11-19(20)22-26-21(30-27-22)14-25-23(28)17-9-6-10-18(13-17)29-15-16-7-2-1-3-8-16/h1-13H,14-15H2,(H,25,28). The second kappa shape index (κ2) is 9.24. The third-order valence-corrected chi connectivity index (χ3v) is 4.66. The van der Waals surface area contributed by atoms with Crippen molar-refractivity contribution in [1.82, 2.24) is 15.5 Å². The van der Waals surface area contributed by atoms with Gasteiger partial charge in [-0.3, -0.25) is 4.79 Å². The highest BCUT2D eigenvalue weighted by Gasteiger charge is 2.13. The first-order valence-corrected chi connectivity index (χ1v) is 9.69. The number of hydrogen-bond acceptors (Lipinski definition) is 5. The van der Waals surface area contributed by atoms with Crippen LogP contribution in [0.5, 0.6) is 5.75 Å². The van der Waals surface area contributed by atoms with Crippen LogP contribution in [0.15, 0.2) is 83.4 Å². The molecule has 0 aliphatic carbocycles. The molecule has 0 aliphatic rings. The average molecular weight is 420 g/mol. The van der Waals surface area contributed by atoms with Crippen molar-refractivity contribution >= 4 is 17.5 Å². The second-order valence-electron chi connectivity index (χ2n) is 6.48. The molecule has 6 nitrogen and oxygen atoms in total. The zero-order chi connectivity index (χ0) is 20.8. The van der Waals surface area contributed by atoms with Gasteiger partial charge in [0.2, 0.25) is 11.7 Å². The Hall–Kier alpha value is -3.64. The zero-order valence-corrected chi connectivity index (χ0v) is 16.7. The minimum Gasteiger partial charge on any atom is -0.489 e. The molecule has 150 valence electrons. The normalized spacial score (nSPS) is 10.6. The number of amides is 1. The molecule has 7 heteroatoms. The molecule has 0 fully saturated rings. The highest BCUT2D eigenvalue weighted by molar-refractivity contribution is 6.33. The Kier molecular flexibility index (Phi) is 6.06. The highest BCUT2D eigenvalue weighted by Crippen LogP contribution is 2.24. The molecule has 0 saturated heterocycles. The molecule has 0 atom stereocenters. The fraction of sp³-hybridized carbons (Fsp3) is 0.0870. The van der Waals surface area contributed by atoms with Crippen molar-refractivity contribution < 1.29 is 14.1 Å². The number of hydrogen-bond donors (Lipinski definition) is 1. The van der Waals surface area contributed by atoms with Crippen molar-refractivity contribution in [3.8, 4) is 17.1 Å². The summed E-state index contributed by atoms with van der Waals surface area (Å²) in [7, 11) is 0. The summed E-state index contributed by atoms with van der Waals surface area (Å²) in [6, 6.07) is 24.0. The lowest BCUT2D eigenvalue weighted by Gasteiger charge is -2.08. The van der Waals surface area contributed by atoms with E-state index in [0.717, 1.165) is 5.56 Å². The van der Waals surface area contributed by atoms with Gasteiger partial charge in [0.1, 0.15) is 12.4 Å². The van der Waals surface area contributed by atoms with Crippen LogP contribution in [0.3, 0.4) is 0 Å². The van der Waals surface area contributed by atoms with Crippen molar-refractivity contribution in [3.05, 3.63) is 101 Å². The van der Waals surface area contributed by atoms with Crippen LogP contribution >= 0.6 is 11.6 Å². The molecule has 4 aromatic rings. The van der Waals surface area contributed by atoms with Gasteiger partial charge in [-0.05, 0) is 35.9 Å².